The summed E-state index contributed by atoms with van der Waals surface area (Å²) in [5.74, 6) is -1.08. The van der Waals surface area contributed by atoms with Gasteiger partial charge in [0.25, 0.3) is 5.56 Å². The van der Waals surface area contributed by atoms with E-state index in [1.807, 2.05) is 6.07 Å². The number of ether oxygens (including phenoxy) is 1. The van der Waals surface area contributed by atoms with Crippen molar-refractivity contribution in [2.75, 3.05) is 6.61 Å². The number of fused-ring (bicyclic) bond motifs is 1. The van der Waals surface area contributed by atoms with Crippen LogP contribution in [-0.4, -0.2) is 31.3 Å². The Balaban J connectivity index is 2.02. The van der Waals surface area contributed by atoms with Gasteiger partial charge in [-0.15, -0.1) is 0 Å². The molecule has 0 aliphatic rings. The van der Waals surface area contributed by atoms with Crippen LogP contribution in [0.2, 0.25) is 0 Å². The second-order valence-electron chi connectivity index (χ2n) is 7.23. The van der Waals surface area contributed by atoms with E-state index in [4.69, 9.17) is 4.74 Å². The number of hydrogen-bond acceptors (Lipinski definition) is 5. The van der Waals surface area contributed by atoms with E-state index in [9.17, 15) is 18.8 Å². The van der Waals surface area contributed by atoms with Crippen LogP contribution in [0.3, 0.4) is 0 Å². The second kappa shape index (κ2) is 8.62. The van der Waals surface area contributed by atoms with Gasteiger partial charge in [0, 0.05) is 0 Å². The molecule has 2 aromatic heterocycles. The lowest BCUT2D eigenvalue weighted by atomic mass is 10.2. The van der Waals surface area contributed by atoms with Crippen molar-refractivity contribution in [1.29, 1.82) is 0 Å². The van der Waals surface area contributed by atoms with Crippen molar-refractivity contribution in [2.24, 2.45) is 0 Å². The first-order chi connectivity index (χ1) is 15.4. The topological polar surface area (TPSA) is 88.1 Å². The molecular weight excluding hydrogens is 415 g/mol. The van der Waals surface area contributed by atoms with E-state index in [-0.39, 0.29) is 30.0 Å². The molecule has 0 amide bonds. The van der Waals surface area contributed by atoms with E-state index in [2.05, 4.69) is 4.98 Å². The number of hydrogen-bond donors (Lipinski definition) is 0. The van der Waals surface area contributed by atoms with Gasteiger partial charge in [-0.1, -0.05) is 36.4 Å². The number of aromatic nitrogens is 4. The summed E-state index contributed by atoms with van der Waals surface area (Å²) in [6.07, 6.45) is 1.32. The summed E-state index contributed by atoms with van der Waals surface area (Å²) in [4.78, 5) is 43.4. The normalized spacial score (nSPS) is 12.1. The Bertz CT molecular complexity index is 1410. The van der Waals surface area contributed by atoms with Gasteiger partial charge in [-0.3, -0.25) is 9.36 Å². The third-order valence-corrected chi connectivity index (χ3v) is 5.15. The average molecular weight is 436 g/mol. The Hall–Kier alpha value is -4.01. The lowest BCUT2D eigenvalue weighted by Gasteiger charge is -2.15. The zero-order valence-electron chi connectivity index (χ0n) is 17.6. The van der Waals surface area contributed by atoms with Crippen LogP contribution in [0.1, 0.15) is 25.5 Å². The van der Waals surface area contributed by atoms with Crippen LogP contribution >= 0.6 is 0 Å². The first kappa shape index (κ1) is 21.2. The molecule has 9 heteroatoms. The van der Waals surface area contributed by atoms with Gasteiger partial charge >= 0.3 is 11.7 Å². The molecule has 32 heavy (non-hydrogen) atoms. The Morgan fingerprint density at radius 1 is 1.12 bits per heavy atom. The number of carbonyl (C=O) groups excluding carboxylic acids is 1. The van der Waals surface area contributed by atoms with E-state index in [1.165, 1.54) is 33.7 Å². The monoisotopic (exact) mass is 436 g/mol. The van der Waals surface area contributed by atoms with Crippen LogP contribution in [0.25, 0.3) is 16.9 Å². The van der Waals surface area contributed by atoms with Gasteiger partial charge in [-0.2, -0.15) is 0 Å². The van der Waals surface area contributed by atoms with Gasteiger partial charge in [0.2, 0.25) is 0 Å². The van der Waals surface area contributed by atoms with Gasteiger partial charge in [0.05, 0.1) is 25.2 Å². The van der Waals surface area contributed by atoms with Crippen LogP contribution in [0.15, 0.2) is 70.5 Å². The van der Waals surface area contributed by atoms with Crippen LogP contribution < -0.4 is 11.2 Å². The first-order valence-corrected chi connectivity index (χ1v) is 10.1. The molecule has 0 spiro atoms. The van der Waals surface area contributed by atoms with Crippen molar-refractivity contribution in [3.63, 3.8) is 0 Å². The number of halogens is 1. The smallest absolute Gasteiger partial charge is 0.337 e. The number of nitrogens with zero attached hydrogens (tertiary/aromatic N) is 4. The van der Waals surface area contributed by atoms with Gasteiger partial charge in [0.1, 0.15) is 11.9 Å². The Labute approximate surface area is 182 Å². The van der Waals surface area contributed by atoms with E-state index < -0.39 is 29.1 Å². The molecule has 0 radical (unpaired) electrons. The molecule has 4 aromatic rings. The molecule has 0 saturated heterocycles. The summed E-state index contributed by atoms with van der Waals surface area (Å²) in [6, 6.07) is 13.6. The quantitative estimate of drug-likeness (QED) is 0.434. The zero-order chi connectivity index (χ0) is 22.8. The molecule has 0 aliphatic carbocycles. The molecule has 0 saturated carbocycles. The average Bonchev–Trinajstić information content (AvgIpc) is 3.22. The molecule has 164 valence electrons. The summed E-state index contributed by atoms with van der Waals surface area (Å²) in [6.45, 7) is 3.45. The minimum absolute atomic E-state index is 0.00271. The number of imidazole rings is 1. The Morgan fingerprint density at radius 2 is 1.88 bits per heavy atom. The first-order valence-electron chi connectivity index (χ1n) is 10.1. The number of carbonyl (C=O) groups is 1. The van der Waals surface area contributed by atoms with Gasteiger partial charge in [-0.25, -0.2) is 23.5 Å². The molecule has 4 rings (SSSR count). The molecule has 2 heterocycles. The summed E-state index contributed by atoms with van der Waals surface area (Å²) in [5.41, 5.74) is -0.227. The summed E-state index contributed by atoms with van der Waals surface area (Å²) >= 11 is 0. The largest absolute Gasteiger partial charge is 0.464 e. The fourth-order valence-electron chi connectivity index (χ4n) is 3.57. The highest BCUT2D eigenvalue weighted by atomic mass is 19.1. The Kier molecular flexibility index (Phi) is 5.72. The predicted molar refractivity (Wildman–Crippen MR) is 116 cm³/mol. The molecule has 8 nitrogen and oxygen atoms in total. The maximum absolute atomic E-state index is 14.0. The van der Waals surface area contributed by atoms with Crippen molar-refractivity contribution in [2.45, 2.75) is 26.4 Å². The molecule has 0 fully saturated rings. The fraction of sp³-hybridized carbons (Fsp3) is 0.217. The summed E-state index contributed by atoms with van der Waals surface area (Å²) in [7, 11) is 0. The zero-order valence-corrected chi connectivity index (χ0v) is 17.6. The van der Waals surface area contributed by atoms with Crippen LogP contribution in [0.4, 0.5) is 4.39 Å². The summed E-state index contributed by atoms with van der Waals surface area (Å²) in [5, 5.41) is 0. The fourth-order valence-corrected chi connectivity index (χ4v) is 3.57. The number of rotatable bonds is 6. The number of benzene rings is 2. The lowest BCUT2D eigenvalue weighted by molar-refractivity contribution is -0.146. The molecule has 0 bridgehead atoms. The van der Waals surface area contributed by atoms with Crippen molar-refractivity contribution < 1.29 is 13.9 Å². The van der Waals surface area contributed by atoms with Gasteiger partial charge < -0.3 is 9.30 Å². The van der Waals surface area contributed by atoms with Gasteiger partial charge in [0.15, 0.2) is 11.2 Å². The maximum Gasteiger partial charge on any atom is 0.337 e. The van der Waals surface area contributed by atoms with Gasteiger partial charge in [-0.05, 0) is 37.6 Å². The molecule has 0 aliphatic heterocycles. The third-order valence-electron chi connectivity index (χ3n) is 5.15. The van der Waals surface area contributed by atoms with Crippen LogP contribution in [0.5, 0.6) is 0 Å². The minimum atomic E-state index is -0.851. The minimum Gasteiger partial charge on any atom is -0.464 e. The van der Waals surface area contributed by atoms with E-state index in [1.54, 1.807) is 44.2 Å². The number of esters is 1. The van der Waals surface area contributed by atoms with Crippen molar-refractivity contribution in [3.05, 3.63) is 93.1 Å². The van der Waals surface area contributed by atoms with E-state index >= 15 is 0 Å². The Morgan fingerprint density at radius 3 is 2.56 bits per heavy atom. The molecular formula is C23H21FN4O4. The molecule has 0 unspecified atom stereocenters. The highest BCUT2D eigenvalue weighted by Gasteiger charge is 2.25. The van der Waals surface area contributed by atoms with Crippen LogP contribution in [0, 0.1) is 5.82 Å². The SMILES string of the molecule is CCOC(=O)[C@H](C)n1cnc2c1c(=O)n(Cc1ccccc1)c(=O)n2-c1cccc(F)c1. The lowest BCUT2D eigenvalue weighted by Crippen LogP contribution is -2.40. The van der Waals surface area contributed by atoms with Crippen molar-refractivity contribution in [1.82, 2.24) is 18.7 Å². The van der Waals surface area contributed by atoms with E-state index in [0.717, 1.165) is 10.1 Å². The third kappa shape index (κ3) is 3.73. The predicted octanol–water partition coefficient (Wildman–Crippen LogP) is 2.66. The maximum atomic E-state index is 14.0. The highest BCUT2D eigenvalue weighted by molar-refractivity contribution is 5.79. The van der Waals surface area contributed by atoms with Crippen molar-refractivity contribution >= 4 is 17.1 Å². The molecule has 1 atom stereocenters. The van der Waals surface area contributed by atoms with Crippen LogP contribution in [-0.2, 0) is 16.1 Å². The standard InChI is InChI=1S/C23H21FN4O4/c1-3-32-22(30)15(2)27-14-25-20-19(27)21(29)26(13-16-8-5-4-6-9-16)23(31)28(20)18-11-7-10-17(24)12-18/h4-12,14-15H,3,13H2,1-2H3/t15-/m0/s1. The summed E-state index contributed by atoms with van der Waals surface area (Å²) < 4.78 is 22.7. The molecule has 2 aromatic carbocycles. The highest BCUT2D eigenvalue weighted by Crippen LogP contribution is 2.18. The molecule has 0 N–H and O–H groups in total. The second-order valence-corrected chi connectivity index (χ2v) is 7.23. The van der Waals surface area contributed by atoms with Crippen molar-refractivity contribution in [3.8, 4) is 5.69 Å². The van der Waals surface area contributed by atoms with E-state index in [0.29, 0.717) is 0 Å².